The number of anilines is 1. The molecule has 3 heterocycles. The number of imidazole rings is 1. The lowest BCUT2D eigenvalue weighted by atomic mass is 10.1. The predicted octanol–water partition coefficient (Wildman–Crippen LogP) is 4.30. The summed E-state index contributed by atoms with van der Waals surface area (Å²) in [6.45, 7) is 0.556. The summed E-state index contributed by atoms with van der Waals surface area (Å²) in [5.74, 6) is 0.328. The summed E-state index contributed by atoms with van der Waals surface area (Å²) in [6.07, 6.45) is 3.74. The minimum atomic E-state index is -4.72. The van der Waals surface area contributed by atoms with E-state index in [-0.39, 0.29) is 5.75 Å². The fourth-order valence-corrected chi connectivity index (χ4v) is 2.77. The van der Waals surface area contributed by atoms with Crippen LogP contribution in [0.4, 0.5) is 19.0 Å². The lowest BCUT2D eigenvalue weighted by Gasteiger charge is -2.10. The summed E-state index contributed by atoms with van der Waals surface area (Å²) in [5.41, 5.74) is 3.09. The molecule has 4 rings (SSSR count). The molecular weight excluding hydrogens is 371 g/mol. The molecule has 142 valence electrons. The topological polar surface area (TPSA) is 64.3 Å². The molecule has 0 aliphatic rings. The van der Waals surface area contributed by atoms with Crippen LogP contribution < -0.4 is 10.1 Å². The lowest BCUT2D eigenvalue weighted by molar-refractivity contribution is -0.274. The van der Waals surface area contributed by atoms with E-state index < -0.39 is 6.36 Å². The number of halogens is 3. The van der Waals surface area contributed by atoms with Crippen LogP contribution in [-0.2, 0) is 6.54 Å². The van der Waals surface area contributed by atoms with Gasteiger partial charge in [0.05, 0.1) is 11.9 Å². The Morgan fingerprint density at radius 3 is 2.43 bits per heavy atom. The summed E-state index contributed by atoms with van der Waals surface area (Å²) in [6, 6.07) is 9.44. The molecule has 0 amide bonds. The van der Waals surface area contributed by atoms with Gasteiger partial charge < -0.3 is 10.1 Å². The smallest absolute Gasteiger partial charge is 0.406 e. The quantitative estimate of drug-likeness (QED) is 0.555. The first kappa shape index (κ1) is 17.8. The zero-order valence-corrected chi connectivity index (χ0v) is 14.4. The third-order valence-electron chi connectivity index (χ3n) is 4.02. The van der Waals surface area contributed by atoms with E-state index in [1.165, 1.54) is 12.1 Å². The predicted molar refractivity (Wildman–Crippen MR) is 96.7 cm³/mol. The van der Waals surface area contributed by atoms with Crippen LogP contribution in [0, 0.1) is 0 Å². The van der Waals surface area contributed by atoms with E-state index in [0.717, 1.165) is 11.3 Å². The molecule has 6 nitrogen and oxygen atoms in total. The second-order valence-corrected chi connectivity index (χ2v) is 5.89. The van der Waals surface area contributed by atoms with Crippen molar-refractivity contribution in [2.24, 2.45) is 0 Å². The Bertz CT molecular complexity index is 1080. The van der Waals surface area contributed by atoms with E-state index in [1.807, 2.05) is 16.5 Å². The standard InChI is InChI=1S/C19H14F3N5O/c20-19(21,22)28-15-3-1-14(2-4-15)16-12-26-18-17(24-9-10-27(16)18)25-11-13-5-7-23-8-6-13/h1-10,12H,11H2,(H,24,25). The molecule has 3 aromatic heterocycles. The zero-order chi connectivity index (χ0) is 19.6. The van der Waals surface area contributed by atoms with Gasteiger partial charge in [-0.15, -0.1) is 13.2 Å². The van der Waals surface area contributed by atoms with Crippen LogP contribution in [0.15, 0.2) is 67.4 Å². The third-order valence-corrected chi connectivity index (χ3v) is 4.02. The number of benzene rings is 1. The molecule has 4 aromatic rings. The third kappa shape index (κ3) is 3.88. The van der Waals surface area contributed by atoms with Gasteiger partial charge in [-0.05, 0) is 42.0 Å². The van der Waals surface area contributed by atoms with Crippen LogP contribution in [0.25, 0.3) is 16.9 Å². The average Bonchev–Trinajstić information content (AvgIpc) is 3.11. The van der Waals surface area contributed by atoms with Crippen molar-refractivity contribution in [3.05, 3.63) is 72.9 Å². The van der Waals surface area contributed by atoms with Gasteiger partial charge >= 0.3 is 6.36 Å². The minimum Gasteiger partial charge on any atom is -0.406 e. The SMILES string of the molecule is FC(F)(F)Oc1ccc(-c2cnc3c(NCc4ccncc4)nccn23)cc1. The Balaban J connectivity index is 1.59. The van der Waals surface area contributed by atoms with E-state index >= 15 is 0 Å². The largest absolute Gasteiger partial charge is 0.573 e. The van der Waals surface area contributed by atoms with Crippen molar-refractivity contribution in [2.75, 3.05) is 5.32 Å². The Labute approximate surface area is 157 Å². The summed E-state index contributed by atoms with van der Waals surface area (Å²) >= 11 is 0. The number of rotatable bonds is 5. The van der Waals surface area contributed by atoms with Crippen LogP contribution in [0.2, 0.25) is 0 Å². The number of pyridine rings is 1. The Morgan fingerprint density at radius 2 is 1.71 bits per heavy atom. The molecule has 0 atom stereocenters. The number of hydrogen-bond donors (Lipinski definition) is 1. The Morgan fingerprint density at radius 1 is 0.964 bits per heavy atom. The number of nitrogens with zero attached hydrogens (tertiary/aromatic N) is 4. The number of alkyl halides is 3. The van der Waals surface area contributed by atoms with Crippen molar-refractivity contribution in [3.63, 3.8) is 0 Å². The molecule has 0 radical (unpaired) electrons. The highest BCUT2D eigenvalue weighted by molar-refractivity contribution is 5.70. The van der Waals surface area contributed by atoms with Crippen LogP contribution >= 0.6 is 0 Å². The fourth-order valence-electron chi connectivity index (χ4n) is 2.77. The van der Waals surface area contributed by atoms with Gasteiger partial charge in [-0.2, -0.15) is 0 Å². The van der Waals surface area contributed by atoms with Crippen LogP contribution in [0.1, 0.15) is 5.56 Å². The number of hydrogen-bond acceptors (Lipinski definition) is 5. The van der Waals surface area contributed by atoms with Gasteiger partial charge in [0.1, 0.15) is 5.75 Å². The average molecular weight is 385 g/mol. The van der Waals surface area contributed by atoms with Gasteiger partial charge in [-0.25, -0.2) is 9.97 Å². The first-order chi connectivity index (χ1) is 13.5. The summed E-state index contributed by atoms with van der Waals surface area (Å²) < 4.78 is 42.7. The highest BCUT2D eigenvalue weighted by Crippen LogP contribution is 2.28. The molecule has 28 heavy (non-hydrogen) atoms. The molecule has 1 N–H and O–H groups in total. The second kappa shape index (κ2) is 7.18. The van der Waals surface area contributed by atoms with Crippen molar-refractivity contribution in [1.82, 2.24) is 19.4 Å². The maximum Gasteiger partial charge on any atom is 0.573 e. The van der Waals surface area contributed by atoms with Gasteiger partial charge in [0.2, 0.25) is 0 Å². The molecule has 0 spiro atoms. The number of ether oxygens (including phenoxy) is 1. The minimum absolute atomic E-state index is 0.272. The van der Waals surface area contributed by atoms with Crippen LogP contribution in [-0.4, -0.2) is 25.7 Å². The number of fused-ring (bicyclic) bond motifs is 1. The zero-order valence-electron chi connectivity index (χ0n) is 14.4. The maximum absolute atomic E-state index is 12.3. The molecule has 0 unspecified atom stereocenters. The molecule has 1 aromatic carbocycles. The molecule has 0 saturated carbocycles. The molecular formula is C19H14F3N5O. The van der Waals surface area contributed by atoms with Crippen molar-refractivity contribution >= 4 is 11.5 Å². The van der Waals surface area contributed by atoms with Gasteiger partial charge in [0.25, 0.3) is 0 Å². The molecule has 0 aliphatic carbocycles. The van der Waals surface area contributed by atoms with Crippen molar-refractivity contribution in [2.45, 2.75) is 12.9 Å². The molecule has 0 aliphatic heterocycles. The number of aromatic nitrogens is 4. The van der Waals surface area contributed by atoms with Gasteiger partial charge in [-0.3, -0.25) is 9.38 Å². The first-order valence-electron chi connectivity index (χ1n) is 8.31. The molecule has 9 heteroatoms. The van der Waals surface area contributed by atoms with Crippen molar-refractivity contribution in [3.8, 4) is 17.0 Å². The molecule has 0 bridgehead atoms. The van der Waals surface area contributed by atoms with Crippen LogP contribution in [0.3, 0.4) is 0 Å². The van der Waals surface area contributed by atoms with E-state index in [2.05, 4.69) is 25.0 Å². The fraction of sp³-hybridized carbons (Fsp3) is 0.105. The monoisotopic (exact) mass is 385 g/mol. The van der Waals surface area contributed by atoms with Gasteiger partial charge in [-0.1, -0.05) is 0 Å². The lowest BCUT2D eigenvalue weighted by Crippen LogP contribution is -2.16. The summed E-state index contributed by atoms with van der Waals surface area (Å²) in [7, 11) is 0. The number of nitrogens with one attached hydrogen (secondary N) is 1. The van der Waals surface area contributed by atoms with Crippen molar-refractivity contribution in [1.29, 1.82) is 0 Å². The second-order valence-electron chi connectivity index (χ2n) is 5.89. The van der Waals surface area contributed by atoms with E-state index in [0.29, 0.717) is 23.6 Å². The van der Waals surface area contributed by atoms with E-state index in [4.69, 9.17) is 0 Å². The van der Waals surface area contributed by atoms with E-state index in [9.17, 15) is 13.2 Å². The molecule has 0 saturated heterocycles. The van der Waals surface area contributed by atoms with E-state index in [1.54, 1.807) is 43.1 Å². The van der Waals surface area contributed by atoms with Gasteiger partial charge in [0, 0.05) is 36.9 Å². The van der Waals surface area contributed by atoms with Crippen LogP contribution in [0.5, 0.6) is 5.75 Å². The van der Waals surface area contributed by atoms with Gasteiger partial charge in [0.15, 0.2) is 11.5 Å². The normalized spacial score (nSPS) is 11.5. The highest BCUT2D eigenvalue weighted by Gasteiger charge is 2.31. The highest BCUT2D eigenvalue weighted by atomic mass is 19.4. The maximum atomic E-state index is 12.3. The van der Waals surface area contributed by atoms with Crippen molar-refractivity contribution < 1.29 is 17.9 Å². The summed E-state index contributed by atoms with van der Waals surface area (Å²) in [4.78, 5) is 12.7. The summed E-state index contributed by atoms with van der Waals surface area (Å²) in [5, 5.41) is 3.24. The Hall–Kier alpha value is -3.62. The Kier molecular flexibility index (Phi) is 4.56. The first-order valence-corrected chi connectivity index (χ1v) is 8.31. The molecule has 0 fully saturated rings.